The number of halogens is 1. The summed E-state index contributed by atoms with van der Waals surface area (Å²) in [6, 6.07) is 17.7. The zero-order valence-corrected chi connectivity index (χ0v) is 19.9. The van der Waals surface area contributed by atoms with E-state index in [4.69, 9.17) is 4.74 Å². The highest BCUT2D eigenvalue weighted by Gasteiger charge is 2.24. The normalized spacial score (nSPS) is 16.2. The molecule has 0 atom stereocenters. The summed E-state index contributed by atoms with van der Waals surface area (Å²) < 4.78 is 8.66. The van der Waals surface area contributed by atoms with Gasteiger partial charge in [0.05, 0.1) is 22.9 Å². The third kappa shape index (κ3) is 4.62. The highest BCUT2D eigenvalue weighted by Crippen LogP contribution is 2.32. The van der Waals surface area contributed by atoms with E-state index in [0.29, 0.717) is 16.7 Å². The second-order valence-corrected chi connectivity index (χ2v) is 8.91. The number of para-hydroxylation sites is 1. The Bertz CT molecular complexity index is 1200. The predicted octanol–water partition coefficient (Wildman–Crippen LogP) is 6.15. The molecule has 1 aromatic heterocycles. The van der Waals surface area contributed by atoms with Crippen LogP contribution in [0.15, 0.2) is 69.0 Å². The van der Waals surface area contributed by atoms with Crippen molar-refractivity contribution in [1.82, 2.24) is 9.88 Å². The highest BCUT2D eigenvalue weighted by atomic mass is 79.9. The van der Waals surface area contributed by atoms with Crippen molar-refractivity contribution in [2.75, 3.05) is 6.61 Å². The number of carbonyl (C=O) groups excluding carboxylic acids is 1. The van der Waals surface area contributed by atoms with E-state index in [9.17, 15) is 4.79 Å². The molecule has 1 N–H and O–H groups in total. The molecule has 5 nitrogen and oxygen atoms in total. The summed E-state index contributed by atoms with van der Waals surface area (Å²) in [5, 5.41) is 3.42. The Morgan fingerprint density at radius 2 is 1.90 bits per heavy atom. The number of benzene rings is 2. The van der Waals surface area contributed by atoms with Crippen molar-refractivity contribution in [2.24, 2.45) is 4.99 Å². The molecule has 1 aliphatic rings. The number of nitrogens with one attached hydrogen (secondary N) is 1. The number of amidine groups is 1. The predicted molar refractivity (Wildman–Crippen MR) is 131 cm³/mol. The van der Waals surface area contributed by atoms with Crippen LogP contribution in [0.3, 0.4) is 0 Å². The first-order valence-corrected chi connectivity index (χ1v) is 11.5. The molecule has 3 aromatic rings. The van der Waals surface area contributed by atoms with Gasteiger partial charge in [-0.3, -0.25) is 4.79 Å². The number of aryl methyl sites for hydroxylation is 1. The van der Waals surface area contributed by atoms with E-state index < -0.39 is 0 Å². The van der Waals surface area contributed by atoms with Gasteiger partial charge in [0.25, 0.3) is 5.91 Å². The van der Waals surface area contributed by atoms with Crippen LogP contribution < -0.4 is 10.1 Å². The summed E-state index contributed by atoms with van der Waals surface area (Å²) in [5.74, 6) is 0.663. The molecule has 7 heteroatoms. The molecule has 0 radical (unpaired) electrons. The lowest BCUT2D eigenvalue weighted by molar-refractivity contribution is -0.115. The minimum Gasteiger partial charge on any atom is -0.494 e. The van der Waals surface area contributed by atoms with Gasteiger partial charge in [0.1, 0.15) is 5.75 Å². The van der Waals surface area contributed by atoms with Crippen LogP contribution in [0.1, 0.15) is 23.9 Å². The fraction of sp³-hybridized carbons (Fsp3) is 0.167. The molecule has 0 saturated carbocycles. The molecular formula is C24H22BrN3O2S. The molecule has 0 unspecified atom stereocenters. The van der Waals surface area contributed by atoms with E-state index in [1.807, 2.05) is 55.5 Å². The fourth-order valence-electron chi connectivity index (χ4n) is 3.46. The Hall–Kier alpha value is -2.77. The van der Waals surface area contributed by atoms with Crippen molar-refractivity contribution >= 4 is 50.5 Å². The second kappa shape index (κ2) is 9.16. The first-order chi connectivity index (χ1) is 15.0. The minimum atomic E-state index is -0.139. The van der Waals surface area contributed by atoms with Gasteiger partial charge in [-0.1, -0.05) is 12.1 Å². The zero-order chi connectivity index (χ0) is 22.0. The lowest BCUT2D eigenvalue weighted by Crippen LogP contribution is -2.19. The minimum absolute atomic E-state index is 0.139. The number of rotatable bonds is 5. The van der Waals surface area contributed by atoms with E-state index in [-0.39, 0.29) is 5.91 Å². The number of nitrogens with zero attached hydrogens (tertiary/aromatic N) is 2. The molecule has 0 bridgehead atoms. The molecule has 1 aliphatic heterocycles. The zero-order valence-electron chi connectivity index (χ0n) is 17.5. The number of thioether (sulfide) groups is 1. The Balaban J connectivity index is 1.59. The number of aromatic nitrogens is 1. The van der Waals surface area contributed by atoms with Crippen LogP contribution in [0.2, 0.25) is 0 Å². The highest BCUT2D eigenvalue weighted by molar-refractivity contribution is 9.10. The third-order valence-corrected chi connectivity index (χ3v) is 6.46. The Kier molecular flexibility index (Phi) is 6.34. The summed E-state index contributed by atoms with van der Waals surface area (Å²) in [6.07, 6.45) is 1.93. The van der Waals surface area contributed by atoms with Gasteiger partial charge in [-0.05, 0) is 103 Å². The van der Waals surface area contributed by atoms with Gasteiger partial charge in [0, 0.05) is 15.9 Å². The largest absolute Gasteiger partial charge is 0.494 e. The number of aliphatic imine (C=N–C) groups is 1. The van der Waals surface area contributed by atoms with Gasteiger partial charge in [-0.2, -0.15) is 0 Å². The Morgan fingerprint density at radius 1 is 1.16 bits per heavy atom. The van der Waals surface area contributed by atoms with Gasteiger partial charge >= 0.3 is 0 Å². The first kappa shape index (κ1) is 21.5. The van der Waals surface area contributed by atoms with Gasteiger partial charge in [0.15, 0.2) is 5.17 Å². The van der Waals surface area contributed by atoms with E-state index in [1.165, 1.54) is 11.8 Å². The van der Waals surface area contributed by atoms with Crippen LogP contribution in [0.5, 0.6) is 5.75 Å². The van der Waals surface area contributed by atoms with E-state index in [1.54, 1.807) is 0 Å². The molecule has 1 fully saturated rings. The summed E-state index contributed by atoms with van der Waals surface area (Å²) >= 11 is 4.98. The van der Waals surface area contributed by atoms with Crippen LogP contribution in [0.25, 0.3) is 11.8 Å². The topological polar surface area (TPSA) is 55.6 Å². The van der Waals surface area contributed by atoms with Crippen molar-refractivity contribution in [1.29, 1.82) is 0 Å². The quantitative estimate of drug-likeness (QED) is 0.432. The van der Waals surface area contributed by atoms with Crippen LogP contribution >= 0.6 is 27.7 Å². The molecule has 0 spiro atoms. The lowest BCUT2D eigenvalue weighted by atomic mass is 10.2. The van der Waals surface area contributed by atoms with Crippen LogP contribution in [0.4, 0.5) is 5.69 Å². The molecule has 2 aromatic carbocycles. The van der Waals surface area contributed by atoms with Crippen molar-refractivity contribution in [3.8, 4) is 11.4 Å². The number of amides is 1. The molecule has 2 heterocycles. The molecule has 1 amide bonds. The number of hydrogen-bond donors (Lipinski definition) is 1. The van der Waals surface area contributed by atoms with Gasteiger partial charge in [0.2, 0.25) is 0 Å². The van der Waals surface area contributed by atoms with Crippen molar-refractivity contribution < 1.29 is 9.53 Å². The molecule has 31 heavy (non-hydrogen) atoms. The molecule has 1 saturated heterocycles. The summed E-state index contributed by atoms with van der Waals surface area (Å²) in [6.45, 7) is 6.69. The van der Waals surface area contributed by atoms with Gasteiger partial charge < -0.3 is 14.6 Å². The van der Waals surface area contributed by atoms with E-state index >= 15 is 0 Å². The number of ether oxygens (including phenoxy) is 1. The maximum atomic E-state index is 12.5. The molecule has 4 rings (SSSR count). The molecule has 158 valence electrons. The first-order valence-electron chi connectivity index (χ1n) is 9.92. The number of hydrogen-bond acceptors (Lipinski definition) is 4. The van der Waals surface area contributed by atoms with Crippen molar-refractivity contribution in [3.63, 3.8) is 0 Å². The summed E-state index contributed by atoms with van der Waals surface area (Å²) in [4.78, 5) is 17.7. The third-order valence-electron chi connectivity index (χ3n) is 4.88. The SMILES string of the molecule is CCOc1ccc(N=C2NC(=O)/C(=C\c3cc(C)n(-c4ccccc4Br)c3C)S2)cc1. The van der Waals surface area contributed by atoms with Crippen LogP contribution in [0, 0.1) is 13.8 Å². The van der Waals surface area contributed by atoms with E-state index in [2.05, 4.69) is 56.8 Å². The van der Waals surface area contributed by atoms with Crippen molar-refractivity contribution in [2.45, 2.75) is 20.8 Å². The monoisotopic (exact) mass is 495 g/mol. The summed E-state index contributed by atoms with van der Waals surface area (Å²) in [7, 11) is 0. The average Bonchev–Trinajstić information content (AvgIpc) is 3.22. The molecule has 0 aliphatic carbocycles. The lowest BCUT2D eigenvalue weighted by Gasteiger charge is -2.11. The van der Waals surface area contributed by atoms with Crippen LogP contribution in [-0.4, -0.2) is 22.2 Å². The smallest absolute Gasteiger partial charge is 0.264 e. The molecular weight excluding hydrogens is 474 g/mol. The average molecular weight is 496 g/mol. The van der Waals surface area contributed by atoms with Crippen LogP contribution in [-0.2, 0) is 4.79 Å². The van der Waals surface area contributed by atoms with Gasteiger partial charge in [-0.25, -0.2) is 4.99 Å². The standard InChI is InChI=1S/C24H22BrN3O2S/c1-4-30-19-11-9-18(10-12-19)26-24-27-23(29)22(31-24)14-17-13-15(2)28(16(17)3)21-8-6-5-7-20(21)25/h5-14H,4H2,1-3H3,(H,26,27,29)/b22-14+. The number of carbonyl (C=O) groups is 1. The maximum Gasteiger partial charge on any atom is 0.264 e. The fourth-order valence-corrected chi connectivity index (χ4v) is 4.75. The van der Waals surface area contributed by atoms with Crippen molar-refractivity contribution in [3.05, 3.63) is 80.9 Å². The van der Waals surface area contributed by atoms with E-state index in [0.717, 1.165) is 38.5 Å². The Labute approximate surface area is 194 Å². The van der Waals surface area contributed by atoms with Gasteiger partial charge in [-0.15, -0.1) is 0 Å². The second-order valence-electron chi connectivity index (χ2n) is 7.02. The summed E-state index contributed by atoms with van der Waals surface area (Å²) in [5.41, 5.74) is 5.02. The maximum absolute atomic E-state index is 12.5. The Morgan fingerprint density at radius 3 is 2.61 bits per heavy atom.